The molecular weight excluding hydrogens is 413 g/mol. The van der Waals surface area contributed by atoms with E-state index in [0.29, 0.717) is 25.3 Å². The van der Waals surface area contributed by atoms with E-state index in [9.17, 15) is 9.18 Å². The molecule has 1 aliphatic rings. The van der Waals surface area contributed by atoms with Crippen LogP contribution in [0.5, 0.6) is 5.75 Å². The lowest BCUT2D eigenvalue weighted by Gasteiger charge is -2.26. The van der Waals surface area contributed by atoms with Crippen molar-refractivity contribution >= 4 is 17.2 Å². The SMILES string of the molecule is O=C(c1ccc(F)cc1)N(Cc1cccc(OCCc2cccs2)c1)C[C@H]1CCCO1. The second-order valence-electron chi connectivity index (χ2n) is 7.65. The maximum Gasteiger partial charge on any atom is 0.254 e. The molecule has 0 radical (unpaired) electrons. The van der Waals surface area contributed by atoms with E-state index in [4.69, 9.17) is 9.47 Å². The molecule has 0 aliphatic carbocycles. The van der Waals surface area contributed by atoms with Gasteiger partial charge in [-0.05, 0) is 66.2 Å². The fourth-order valence-corrected chi connectivity index (χ4v) is 4.40. The van der Waals surface area contributed by atoms with Crippen LogP contribution in [0.25, 0.3) is 0 Å². The van der Waals surface area contributed by atoms with E-state index < -0.39 is 0 Å². The molecule has 1 aromatic heterocycles. The van der Waals surface area contributed by atoms with E-state index in [2.05, 4.69) is 11.4 Å². The van der Waals surface area contributed by atoms with Crippen molar-refractivity contribution in [2.75, 3.05) is 19.8 Å². The Bertz CT molecular complexity index is 969. The van der Waals surface area contributed by atoms with Gasteiger partial charge in [0.05, 0.1) is 12.7 Å². The first-order valence-corrected chi connectivity index (χ1v) is 11.5. The first kappa shape index (κ1) is 21.5. The lowest BCUT2D eigenvalue weighted by molar-refractivity contribution is 0.0507. The number of benzene rings is 2. The number of rotatable bonds is 9. The fraction of sp³-hybridized carbons (Fsp3) is 0.320. The summed E-state index contributed by atoms with van der Waals surface area (Å²) >= 11 is 1.73. The average molecular weight is 440 g/mol. The normalized spacial score (nSPS) is 15.7. The highest BCUT2D eigenvalue weighted by molar-refractivity contribution is 7.09. The molecule has 0 N–H and O–H groups in total. The second-order valence-corrected chi connectivity index (χ2v) is 8.69. The summed E-state index contributed by atoms with van der Waals surface area (Å²) in [6.07, 6.45) is 2.86. The molecule has 2 aromatic carbocycles. The molecule has 0 spiro atoms. The van der Waals surface area contributed by atoms with Crippen LogP contribution >= 0.6 is 11.3 Å². The third kappa shape index (κ3) is 6.15. The number of carbonyl (C=O) groups is 1. The van der Waals surface area contributed by atoms with E-state index in [0.717, 1.165) is 37.2 Å². The van der Waals surface area contributed by atoms with Crippen molar-refractivity contribution in [1.29, 1.82) is 0 Å². The Morgan fingerprint density at radius 1 is 1.16 bits per heavy atom. The Morgan fingerprint density at radius 2 is 2.03 bits per heavy atom. The predicted octanol–water partition coefficient (Wildman–Crippen LogP) is 5.33. The molecule has 1 amide bonds. The van der Waals surface area contributed by atoms with E-state index in [-0.39, 0.29) is 17.8 Å². The second kappa shape index (κ2) is 10.6. The van der Waals surface area contributed by atoms with Crippen molar-refractivity contribution in [3.8, 4) is 5.75 Å². The van der Waals surface area contributed by atoms with Gasteiger partial charge in [-0.15, -0.1) is 11.3 Å². The maximum absolute atomic E-state index is 13.3. The summed E-state index contributed by atoms with van der Waals surface area (Å²) in [5.41, 5.74) is 1.46. The molecular formula is C25H26FNO3S. The van der Waals surface area contributed by atoms with Crippen LogP contribution in [-0.2, 0) is 17.7 Å². The number of carbonyl (C=O) groups excluding carboxylic acids is 1. The molecule has 1 atom stereocenters. The Kier molecular flexibility index (Phi) is 7.33. The summed E-state index contributed by atoms with van der Waals surface area (Å²) in [6, 6.07) is 17.7. The van der Waals surface area contributed by atoms with Gasteiger partial charge in [0.15, 0.2) is 0 Å². The topological polar surface area (TPSA) is 38.8 Å². The number of nitrogens with zero attached hydrogens (tertiary/aromatic N) is 1. The highest BCUT2D eigenvalue weighted by atomic mass is 32.1. The molecule has 1 aliphatic heterocycles. The van der Waals surface area contributed by atoms with Crippen molar-refractivity contribution < 1.29 is 18.7 Å². The third-order valence-electron chi connectivity index (χ3n) is 5.30. The molecule has 0 saturated carbocycles. The summed E-state index contributed by atoms with van der Waals surface area (Å²) in [5, 5.41) is 2.07. The molecule has 4 rings (SSSR count). The van der Waals surface area contributed by atoms with Gasteiger partial charge in [0.1, 0.15) is 11.6 Å². The Balaban J connectivity index is 1.43. The van der Waals surface area contributed by atoms with E-state index in [1.54, 1.807) is 16.2 Å². The lowest BCUT2D eigenvalue weighted by Crippen LogP contribution is -2.37. The first-order valence-electron chi connectivity index (χ1n) is 10.6. The summed E-state index contributed by atoms with van der Waals surface area (Å²) in [7, 11) is 0. The number of halogens is 1. The minimum absolute atomic E-state index is 0.0367. The molecule has 162 valence electrons. The van der Waals surface area contributed by atoms with Gasteiger partial charge in [-0.1, -0.05) is 18.2 Å². The van der Waals surface area contributed by atoms with Crippen LogP contribution in [0.15, 0.2) is 66.0 Å². The van der Waals surface area contributed by atoms with Gasteiger partial charge >= 0.3 is 0 Å². The van der Waals surface area contributed by atoms with Crippen LogP contribution in [0.2, 0.25) is 0 Å². The van der Waals surface area contributed by atoms with Crippen molar-refractivity contribution in [3.05, 3.63) is 87.9 Å². The number of amides is 1. The minimum atomic E-state index is -0.352. The zero-order chi connectivity index (χ0) is 21.5. The van der Waals surface area contributed by atoms with Crippen molar-refractivity contribution in [2.24, 2.45) is 0 Å². The van der Waals surface area contributed by atoms with Crippen LogP contribution in [0.4, 0.5) is 4.39 Å². The van der Waals surface area contributed by atoms with Gasteiger partial charge in [-0.2, -0.15) is 0 Å². The standard InChI is InChI=1S/C25H26FNO3S/c26-21-10-8-20(9-11-21)25(28)27(18-23-6-2-13-29-23)17-19-4-1-5-22(16-19)30-14-12-24-7-3-15-31-24/h1,3-5,7-11,15-16,23H,2,6,12-14,17-18H2/t23-/m1/s1. The molecule has 0 bridgehead atoms. The zero-order valence-electron chi connectivity index (χ0n) is 17.3. The van der Waals surface area contributed by atoms with E-state index in [1.807, 2.05) is 30.3 Å². The first-order chi connectivity index (χ1) is 15.2. The fourth-order valence-electron chi connectivity index (χ4n) is 3.71. The van der Waals surface area contributed by atoms with Crippen molar-refractivity contribution in [3.63, 3.8) is 0 Å². The Hall–Kier alpha value is -2.70. The predicted molar refractivity (Wildman–Crippen MR) is 120 cm³/mol. The van der Waals surface area contributed by atoms with Gasteiger partial charge in [0.2, 0.25) is 0 Å². The van der Waals surface area contributed by atoms with Crippen molar-refractivity contribution in [1.82, 2.24) is 4.90 Å². The largest absolute Gasteiger partial charge is 0.493 e. The summed E-state index contributed by atoms with van der Waals surface area (Å²) in [4.78, 5) is 16.2. The zero-order valence-corrected chi connectivity index (χ0v) is 18.2. The number of thiophene rings is 1. The Morgan fingerprint density at radius 3 is 2.77 bits per heavy atom. The molecule has 0 unspecified atom stereocenters. The molecule has 3 aromatic rings. The highest BCUT2D eigenvalue weighted by Crippen LogP contribution is 2.20. The van der Waals surface area contributed by atoms with E-state index in [1.165, 1.54) is 29.1 Å². The summed E-state index contributed by atoms with van der Waals surface area (Å²) in [5.74, 6) is 0.314. The van der Waals surface area contributed by atoms with Crippen LogP contribution < -0.4 is 4.74 Å². The van der Waals surface area contributed by atoms with Crippen molar-refractivity contribution in [2.45, 2.75) is 31.9 Å². The quantitative estimate of drug-likeness (QED) is 0.452. The minimum Gasteiger partial charge on any atom is -0.493 e. The number of ether oxygens (including phenoxy) is 2. The smallest absolute Gasteiger partial charge is 0.254 e. The number of hydrogen-bond acceptors (Lipinski definition) is 4. The van der Waals surface area contributed by atoms with Gasteiger partial charge in [-0.25, -0.2) is 4.39 Å². The summed E-state index contributed by atoms with van der Waals surface area (Å²) in [6.45, 7) is 2.30. The molecule has 2 heterocycles. The van der Waals surface area contributed by atoms with Gasteiger partial charge in [0, 0.05) is 36.6 Å². The van der Waals surface area contributed by atoms with Crippen LogP contribution in [0, 0.1) is 5.82 Å². The van der Waals surface area contributed by atoms with Crippen LogP contribution in [-0.4, -0.2) is 36.7 Å². The lowest BCUT2D eigenvalue weighted by atomic mass is 10.1. The van der Waals surface area contributed by atoms with Crippen LogP contribution in [0.3, 0.4) is 0 Å². The van der Waals surface area contributed by atoms with E-state index >= 15 is 0 Å². The van der Waals surface area contributed by atoms with Crippen LogP contribution in [0.1, 0.15) is 33.6 Å². The molecule has 1 fully saturated rings. The van der Waals surface area contributed by atoms with Gasteiger partial charge < -0.3 is 14.4 Å². The average Bonchev–Trinajstić information content (AvgIpc) is 3.48. The monoisotopic (exact) mass is 439 g/mol. The van der Waals surface area contributed by atoms with Gasteiger partial charge in [0.25, 0.3) is 5.91 Å². The molecule has 4 nitrogen and oxygen atoms in total. The molecule has 6 heteroatoms. The van der Waals surface area contributed by atoms with Gasteiger partial charge in [-0.3, -0.25) is 4.79 Å². The Labute approximate surface area is 186 Å². The highest BCUT2D eigenvalue weighted by Gasteiger charge is 2.24. The molecule has 1 saturated heterocycles. The third-order valence-corrected chi connectivity index (χ3v) is 6.23. The number of hydrogen-bond donors (Lipinski definition) is 0. The summed E-state index contributed by atoms with van der Waals surface area (Å²) < 4.78 is 25.0. The maximum atomic E-state index is 13.3. The molecule has 31 heavy (non-hydrogen) atoms.